The summed E-state index contributed by atoms with van der Waals surface area (Å²) in [5.74, 6) is -0.287. The molecular weight excluding hydrogens is 340 g/mol. The quantitative estimate of drug-likeness (QED) is 0.544. The summed E-state index contributed by atoms with van der Waals surface area (Å²) in [5.41, 5.74) is 3.97. The molecule has 0 radical (unpaired) electrons. The third-order valence-electron chi connectivity index (χ3n) is 4.40. The van der Waals surface area contributed by atoms with E-state index in [2.05, 4.69) is 10.4 Å². The Kier molecular flexibility index (Phi) is 4.08. The number of pyridine rings is 1. The van der Waals surface area contributed by atoms with E-state index < -0.39 is 0 Å². The second kappa shape index (κ2) is 6.57. The fourth-order valence-corrected chi connectivity index (χ4v) is 3.12. The lowest BCUT2D eigenvalue weighted by atomic mass is 10.0. The Morgan fingerprint density at radius 2 is 1.85 bits per heavy atom. The maximum atomic E-state index is 13.0. The molecule has 2 N–H and O–H groups in total. The van der Waals surface area contributed by atoms with E-state index in [0.717, 1.165) is 22.2 Å². The fraction of sp³-hybridized carbons (Fsp3) is 0.0952. The maximum Gasteiger partial charge on any atom is 0.256 e. The first-order valence-corrected chi connectivity index (χ1v) is 8.52. The number of carbonyl (C=O) groups excluding carboxylic acids is 1. The number of phenolic OH excluding ortho intramolecular Hbond substituents is 1. The van der Waals surface area contributed by atoms with Gasteiger partial charge in [0, 0.05) is 24.2 Å². The number of hydrogen-bond acceptors (Lipinski definition) is 4. The van der Waals surface area contributed by atoms with Gasteiger partial charge in [0.2, 0.25) is 0 Å². The molecule has 0 unspecified atom stereocenters. The Hall–Kier alpha value is -3.67. The molecule has 27 heavy (non-hydrogen) atoms. The van der Waals surface area contributed by atoms with E-state index in [9.17, 15) is 9.90 Å². The van der Waals surface area contributed by atoms with E-state index in [0.29, 0.717) is 16.9 Å². The zero-order valence-corrected chi connectivity index (χ0v) is 15.0. The number of aryl methyl sites for hydroxylation is 2. The minimum absolute atomic E-state index is 0.0209. The predicted octanol–water partition coefficient (Wildman–Crippen LogP) is 3.90. The minimum Gasteiger partial charge on any atom is -0.506 e. The number of nitrogens with one attached hydrogen (secondary N) is 1. The van der Waals surface area contributed by atoms with Crippen LogP contribution in [0.5, 0.6) is 5.75 Å². The number of carbonyl (C=O) groups is 1. The van der Waals surface area contributed by atoms with Crippen molar-refractivity contribution in [3.05, 3.63) is 72.1 Å². The van der Waals surface area contributed by atoms with Crippen molar-refractivity contribution in [1.29, 1.82) is 0 Å². The fourth-order valence-electron chi connectivity index (χ4n) is 3.12. The van der Waals surface area contributed by atoms with Crippen LogP contribution in [-0.4, -0.2) is 25.8 Å². The van der Waals surface area contributed by atoms with Crippen LogP contribution in [0.3, 0.4) is 0 Å². The molecule has 4 aromatic rings. The highest BCUT2D eigenvalue weighted by Gasteiger charge is 2.17. The standard InChI is InChI=1S/C21H18N4O2/c1-13-16(12-25(2)24-13)19-11-15(14-7-3-4-8-17(14)22-19)21(27)23-18-9-5-6-10-20(18)26/h3-12,26H,1-2H3,(H,23,27). The molecule has 0 aliphatic heterocycles. The van der Waals surface area contributed by atoms with Gasteiger partial charge in [0.1, 0.15) is 5.75 Å². The Labute approximate surface area is 156 Å². The first-order valence-electron chi connectivity index (χ1n) is 8.52. The largest absolute Gasteiger partial charge is 0.506 e. The van der Waals surface area contributed by atoms with Gasteiger partial charge in [-0.2, -0.15) is 5.10 Å². The van der Waals surface area contributed by atoms with Gasteiger partial charge in [0.15, 0.2) is 0 Å². The van der Waals surface area contributed by atoms with Crippen molar-refractivity contribution < 1.29 is 9.90 Å². The van der Waals surface area contributed by atoms with Crippen LogP contribution in [0.1, 0.15) is 16.1 Å². The van der Waals surface area contributed by atoms with Crippen molar-refractivity contribution in [2.24, 2.45) is 7.05 Å². The Morgan fingerprint density at radius 1 is 1.11 bits per heavy atom. The number of aromatic nitrogens is 3. The van der Waals surface area contributed by atoms with Crippen molar-refractivity contribution in [2.45, 2.75) is 6.92 Å². The number of hydrogen-bond donors (Lipinski definition) is 2. The second-order valence-electron chi connectivity index (χ2n) is 6.35. The molecule has 2 heterocycles. The summed E-state index contributed by atoms with van der Waals surface area (Å²) in [6, 6.07) is 15.9. The summed E-state index contributed by atoms with van der Waals surface area (Å²) < 4.78 is 1.73. The van der Waals surface area contributed by atoms with Crippen LogP contribution < -0.4 is 5.32 Å². The average molecular weight is 358 g/mol. The number of para-hydroxylation sites is 3. The first-order chi connectivity index (χ1) is 13.0. The third-order valence-corrected chi connectivity index (χ3v) is 4.40. The van der Waals surface area contributed by atoms with Gasteiger partial charge in [-0.3, -0.25) is 9.48 Å². The van der Waals surface area contributed by atoms with Crippen LogP contribution in [0.4, 0.5) is 5.69 Å². The molecule has 6 nitrogen and oxygen atoms in total. The van der Waals surface area contributed by atoms with Crippen molar-refractivity contribution >= 4 is 22.5 Å². The number of anilines is 1. The first kappa shape index (κ1) is 16.8. The van der Waals surface area contributed by atoms with Gasteiger partial charge < -0.3 is 10.4 Å². The summed E-state index contributed by atoms with van der Waals surface area (Å²) >= 11 is 0. The number of amides is 1. The number of rotatable bonds is 3. The van der Waals surface area contributed by atoms with Crippen LogP contribution in [0.2, 0.25) is 0 Å². The maximum absolute atomic E-state index is 13.0. The average Bonchev–Trinajstić information content (AvgIpc) is 3.01. The highest BCUT2D eigenvalue weighted by atomic mass is 16.3. The summed E-state index contributed by atoms with van der Waals surface area (Å²) in [7, 11) is 1.85. The van der Waals surface area contributed by atoms with E-state index in [-0.39, 0.29) is 11.7 Å². The molecule has 0 spiro atoms. The van der Waals surface area contributed by atoms with Crippen LogP contribution in [0.25, 0.3) is 22.2 Å². The number of phenols is 1. The normalized spacial score (nSPS) is 10.9. The van der Waals surface area contributed by atoms with E-state index in [4.69, 9.17) is 4.98 Å². The lowest BCUT2D eigenvalue weighted by molar-refractivity contribution is 0.102. The summed E-state index contributed by atoms with van der Waals surface area (Å²) in [4.78, 5) is 17.7. The smallest absolute Gasteiger partial charge is 0.256 e. The molecule has 0 fully saturated rings. The molecule has 1 amide bonds. The molecule has 6 heteroatoms. The Morgan fingerprint density at radius 3 is 2.59 bits per heavy atom. The molecule has 0 bridgehead atoms. The van der Waals surface area contributed by atoms with Gasteiger partial charge in [-0.15, -0.1) is 0 Å². The van der Waals surface area contributed by atoms with Gasteiger partial charge in [-0.25, -0.2) is 4.98 Å². The van der Waals surface area contributed by atoms with Crippen LogP contribution in [-0.2, 0) is 7.05 Å². The third kappa shape index (κ3) is 3.13. The topological polar surface area (TPSA) is 80.0 Å². The molecule has 0 saturated heterocycles. The SMILES string of the molecule is Cc1nn(C)cc1-c1cc(C(=O)Nc2ccccc2O)c2ccccc2n1. The summed E-state index contributed by atoms with van der Waals surface area (Å²) in [6.07, 6.45) is 1.89. The van der Waals surface area contributed by atoms with Crippen molar-refractivity contribution in [3.8, 4) is 17.0 Å². The summed E-state index contributed by atoms with van der Waals surface area (Å²) in [5, 5.41) is 17.8. The monoisotopic (exact) mass is 358 g/mol. The number of benzene rings is 2. The highest BCUT2D eigenvalue weighted by molar-refractivity contribution is 6.13. The molecule has 2 aromatic heterocycles. The van der Waals surface area contributed by atoms with Crippen LogP contribution >= 0.6 is 0 Å². The zero-order valence-electron chi connectivity index (χ0n) is 15.0. The predicted molar refractivity (Wildman–Crippen MR) is 105 cm³/mol. The lowest BCUT2D eigenvalue weighted by Gasteiger charge is -2.11. The Bertz CT molecular complexity index is 1160. The van der Waals surface area contributed by atoms with Gasteiger partial charge in [-0.1, -0.05) is 30.3 Å². The molecule has 0 saturated carbocycles. The van der Waals surface area contributed by atoms with Gasteiger partial charge in [0.25, 0.3) is 5.91 Å². The van der Waals surface area contributed by atoms with Crippen LogP contribution in [0, 0.1) is 6.92 Å². The van der Waals surface area contributed by atoms with Gasteiger partial charge in [-0.05, 0) is 31.2 Å². The number of fused-ring (bicyclic) bond motifs is 1. The molecule has 134 valence electrons. The zero-order chi connectivity index (χ0) is 19.0. The van der Waals surface area contributed by atoms with E-state index in [1.165, 1.54) is 6.07 Å². The molecule has 4 rings (SSSR count). The minimum atomic E-state index is -0.308. The van der Waals surface area contributed by atoms with E-state index in [1.807, 2.05) is 44.4 Å². The van der Waals surface area contributed by atoms with Gasteiger partial charge >= 0.3 is 0 Å². The van der Waals surface area contributed by atoms with Gasteiger partial charge in [0.05, 0.1) is 28.2 Å². The van der Waals surface area contributed by atoms with E-state index >= 15 is 0 Å². The van der Waals surface area contributed by atoms with Crippen LogP contribution in [0.15, 0.2) is 60.8 Å². The van der Waals surface area contributed by atoms with E-state index in [1.54, 1.807) is 28.9 Å². The summed E-state index contributed by atoms with van der Waals surface area (Å²) in [6.45, 7) is 1.91. The highest BCUT2D eigenvalue weighted by Crippen LogP contribution is 2.28. The second-order valence-corrected chi connectivity index (χ2v) is 6.35. The lowest BCUT2D eigenvalue weighted by Crippen LogP contribution is -2.13. The number of nitrogens with zero attached hydrogens (tertiary/aromatic N) is 3. The molecule has 0 aliphatic carbocycles. The van der Waals surface area contributed by atoms with Crippen molar-refractivity contribution in [3.63, 3.8) is 0 Å². The number of aromatic hydroxyl groups is 1. The molecule has 0 aliphatic rings. The van der Waals surface area contributed by atoms with Crippen molar-refractivity contribution in [1.82, 2.24) is 14.8 Å². The van der Waals surface area contributed by atoms with Crippen molar-refractivity contribution in [2.75, 3.05) is 5.32 Å². The Balaban J connectivity index is 1.85. The molecule has 2 aromatic carbocycles. The molecule has 0 atom stereocenters. The molecular formula is C21H18N4O2.